The molecule has 0 aromatic carbocycles. The minimum atomic E-state index is 0.377. The molecule has 3 rings (SSSR count). The predicted octanol–water partition coefficient (Wildman–Crippen LogP) is 2.82. The van der Waals surface area contributed by atoms with Crippen molar-refractivity contribution < 1.29 is 0 Å². The molecule has 80 valence electrons. The van der Waals surface area contributed by atoms with E-state index in [1.165, 1.54) is 12.8 Å². The summed E-state index contributed by atoms with van der Waals surface area (Å²) in [5, 5.41) is 0.377. The molecule has 0 spiro atoms. The molecule has 2 aliphatic rings. The fourth-order valence-electron chi connectivity index (χ4n) is 2.99. The van der Waals surface area contributed by atoms with Gasteiger partial charge in [-0.25, -0.2) is 4.98 Å². The van der Waals surface area contributed by atoms with Crippen molar-refractivity contribution in [3.8, 4) is 0 Å². The maximum Gasteiger partial charge on any atom is 0.128 e. The molecule has 2 aliphatic heterocycles. The second kappa shape index (κ2) is 3.67. The van der Waals surface area contributed by atoms with Crippen LogP contribution in [-0.2, 0) is 0 Å². The number of aromatic nitrogens is 1. The number of anilines is 1. The van der Waals surface area contributed by atoms with Crippen LogP contribution in [0.1, 0.15) is 25.7 Å². The zero-order chi connectivity index (χ0) is 10.3. The molecular formula is C12H15ClN2. The molecule has 2 bridgehead atoms. The van der Waals surface area contributed by atoms with Gasteiger partial charge in [-0.15, -0.1) is 11.6 Å². The monoisotopic (exact) mass is 222 g/mol. The van der Waals surface area contributed by atoms with Gasteiger partial charge in [-0.2, -0.15) is 0 Å². The van der Waals surface area contributed by atoms with E-state index in [1.54, 1.807) is 0 Å². The zero-order valence-corrected chi connectivity index (χ0v) is 9.40. The van der Waals surface area contributed by atoms with Crippen LogP contribution in [0.5, 0.6) is 0 Å². The Morgan fingerprint density at radius 3 is 2.53 bits per heavy atom. The van der Waals surface area contributed by atoms with Crippen LogP contribution in [0.4, 0.5) is 5.82 Å². The largest absolute Gasteiger partial charge is 0.351 e. The third-order valence-electron chi connectivity index (χ3n) is 3.59. The van der Waals surface area contributed by atoms with Crippen LogP contribution < -0.4 is 4.90 Å². The van der Waals surface area contributed by atoms with Crippen LogP contribution in [0.25, 0.3) is 0 Å². The fraction of sp³-hybridized carbons (Fsp3) is 0.583. The van der Waals surface area contributed by atoms with Crippen molar-refractivity contribution in [1.29, 1.82) is 0 Å². The normalized spacial score (nSPS) is 34.5. The molecule has 2 atom stereocenters. The number of nitrogens with zero attached hydrogens (tertiary/aromatic N) is 2. The van der Waals surface area contributed by atoms with Gasteiger partial charge in [0, 0.05) is 23.7 Å². The van der Waals surface area contributed by atoms with Crippen molar-refractivity contribution >= 4 is 17.4 Å². The van der Waals surface area contributed by atoms with Gasteiger partial charge in [0.1, 0.15) is 5.82 Å². The highest BCUT2D eigenvalue weighted by Gasteiger charge is 2.40. The summed E-state index contributed by atoms with van der Waals surface area (Å²) in [6.45, 7) is 0. The van der Waals surface area contributed by atoms with E-state index in [9.17, 15) is 0 Å². The molecule has 0 N–H and O–H groups in total. The standard InChI is InChI=1S/C12H15ClN2/c13-9-7-10-4-5-11(8-9)15(10)12-3-1-2-6-14-12/h1-3,6,9-11H,4-5,7-8H2. The Hall–Kier alpha value is -0.760. The van der Waals surface area contributed by atoms with Crippen LogP contribution in [0.3, 0.4) is 0 Å². The van der Waals surface area contributed by atoms with Gasteiger partial charge in [-0.05, 0) is 37.8 Å². The molecule has 2 saturated heterocycles. The van der Waals surface area contributed by atoms with E-state index in [2.05, 4.69) is 22.0 Å². The summed E-state index contributed by atoms with van der Waals surface area (Å²) in [6.07, 6.45) is 6.68. The first kappa shape index (κ1) is 9.46. The second-order valence-corrected chi connectivity index (χ2v) is 5.17. The van der Waals surface area contributed by atoms with Crippen molar-refractivity contribution in [2.24, 2.45) is 0 Å². The smallest absolute Gasteiger partial charge is 0.128 e. The molecule has 0 amide bonds. The van der Waals surface area contributed by atoms with Crippen molar-refractivity contribution in [2.45, 2.75) is 43.1 Å². The maximum atomic E-state index is 6.25. The summed E-state index contributed by atoms with van der Waals surface area (Å²) in [4.78, 5) is 6.94. The number of alkyl halides is 1. The predicted molar refractivity (Wildman–Crippen MR) is 62.4 cm³/mol. The van der Waals surface area contributed by atoms with Crippen molar-refractivity contribution in [3.05, 3.63) is 24.4 Å². The molecule has 15 heavy (non-hydrogen) atoms. The number of fused-ring (bicyclic) bond motifs is 2. The Kier molecular flexibility index (Phi) is 2.32. The highest BCUT2D eigenvalue weighted by Crippen LogP contribution is 2.39. The number of piperidine rings is 1. The number of hydrogen-bond acceptors (Lipinski definition) is 2. The van der Waals surface area contributed by atoms with Gasteiger partial charge < -0.3 is 4.90 Å². The number of rotatable bonds is 1. The molecule has 0 radical (unpaired) electrons. The molecule has 2 unspecified atom stereocenters. The fourth-order valence-corrected chi connectivity index (χ4v) is 3.40. The highest BCUT2D eigenvalue weighted by atomic mass is 35.5. The van der Waals surface area contributed by atoms with Crippen molar-refractivity contribution in [3.63, 3.8) is 0 Å². The molecule has 1 aromatic heterocycles. The topological polar surface area (TPSA) is 16.1 Å². The summed E-state index contributed by atoms with van der Waals surface area (Å²) >= 11 is 6.25. The summed E-state index contributed by atoms with van der Waals surface area (Å²) < 4.78 is 0. The third-order valence-corrected chi connectivity index (χ3v) is 3.95. The minimum absolute atomic E-state index is 0.377. The summed E-state index contributed by atoms with van der Waals surface area (Å²) in [5.41, 5.74) is 0. The quantitative estimate of drug-likeness (QED) is 0.680. The average molecular weight is 223 g/mol. The lowest BCUT2D eigenvalue weighted by molar-refractivity contribution is 0.470. The summed E-state index contributed by atoms with van der Waals surface area (Å²) in [6, 6.07) is 7.40. The number of hydrogen-bond donors (Lipinski definition) is 0. The van der Waals surface area contributed by atoms with Crippen molar-refractivity contribution in [1.82, 2.24) is 4.98 Å². The van der Waals surface area contributed by atoms with Crippen LogP contribution in [0.15, 0.2) is 24.4 Å². The molecule has 0 aliphatic carbocycles. The number of halogens is 1. The number of pyridine rings is 1. The van der Waals surface area contributed by atoms with Gasteiger partial charge >= 0.3 is 0 Å². The molecule has 2 nitrogen and oxygen atoms in total. The Balaban J connectivity index is 1.89. The zero-order valence-electron chi connectivity index (χ0n) is 8.64. The highest BCUT2D eigenvalue weighted by molar-refractivity contribution is 6.20. The Morgan fingerprint density at radius 2 is 1.93 bits per heavy atom. The molecule has 2 fully saturated rings. The Morgan fingerprint density at radius 1 is 1.20 bits per heavy atom. The van der Waals surface area contributed by atoms with Gasteiger partial charge in [-0.3, -0.25) is 0 Å². The van der Waals surface area contributed by atoms with Gasteiger partial charge in [0.15, 0.2) is 0 Å². The van der Waals surface area contributed by atoms with E-state index in [0.29, 0.717) is 17.5 Å². The van der Waals surface area contributed by atoms with Gasteiger partial charge in [0.25, 0.3) is 0 Å². The van der Waals surface area contributed by atoms with E-state index in [-0.39, 0.29) is 0 Å². The van der Waals surface area contributed by atoms with Gasteiger partial charge in [-0.1, -0.05) is 6.07 Å². The van der Waals surface area contributed by atoms with Gasteiger partial charge in [0.2, 0.25) is 0 Å². The average Bonchev–Trinajstić information content (AvgIpc) is 2.53. The summed E-state index contributed by atoms with van der Waals surface area (Å²) in [5.74, 6) is 1.13. The first-order chi connectivity index (χ1) is 7.34. The van der Waals surface area contributed by atoms with E-state index < -0.39 is 0 Å². The lowest BCUT2D eigenvalue weighted by Crippen LogP contribution is -2.43. The molecule has 3 heterocycles. The second-order valence-electron chi connectivity index (χ2n) is 4.55. The maximum absolute atomic E-state index is 6.25. The molecule has 1 aromatic rings. The first-order valence-corrected chi connectivity index (χ1v) is 6.11. The minimum Gasteiger partial charge on any atom is -0.351 e. The van der Waals surface area contributed by atoms with Crippen LogP contribution >= 0.6 is 11.6 Å². The molecular weight excluding hydrogens is 208 g/mol. The van der Waals surface area contributed by atoms with Crippen molar-refractivity contribution in [2.75, 3.05) is 4.90 Å². The van der Waals surface area contributed by atoms with Crippen LogP contribution in [0.2, 0.25) is 0 Å². The lowest BCUT2D eigenvalue weighted by atomic mass is 10.0. The van der Waals surface area contributed by atoms with E-state index >= 15 is 0 Å². The third kappa shape index (κ3) is 1.61. The van der Waals surface area contributed by atoms with E-state index in [4.69, 9.17) is 11.6 Å². The Bertz CT molecular complexity index is 327. The van der Waals surface area contributed by atoms with Crippen LogP contribution in [0, 0.1) is 0 Å². The van der Waals surface area contributed by atoms with E-state index in [0.717, 1.165) is 18.7 Å². The summed E-state index contributed by atoms with van der Waals surface area (Å²) in [7, 11) is 0. The molecule has 0 saturated carbocycles. The first-order valence-electron chi connectivity index (χ1n) is 5.68. The molecule has 3 heteroatoms. The SMILES string of the molecule is ClC1CC2CCC(C1)N2c1ccccn1. The lowest BCUT2D eigenvalue weighted by Gasteiger charge is -2.37. The van der Waals surface area contributed by atoms with E-state index in [1.807, 2.05) is 12.3 Å². The van der Waals surface area contributed by atoms with Crippen LogP contribution in [-0.4, -0.2) is 22.4 Å². The van der Waals surface area contributed by atoms with Gasteiger partial charge in [0.05, 0.1) is 0 Å². The Labute approximate surface area is 95.3 Å².